The van der Waals surface area contributed by atoms with Crippen molar-refractivity contribution in [2.24, 2.45) is 12.5 Å². The first-order valence-corrected chi connectivity index (χ1v) is 6.01. The summed E-state index contributed by atoms with van der Waals surface area (Å²) >= 11 is 3.58. The molecule has 0 fully saturated rings. The van der Waals surface area contributed by atoms with Crippen molar-refractivity contribution in [2.45, 2.75) is 33.6 Å². The molecule has 0 spiro atoms. The Morgan fingerprint density at radius 3 is 2.47 bits per heavy atom. The van der Waals surface area contributed by atoms with E-state index >= 15 is 0 Å². The van der Waals surface area contributed by atoms with Crippen molar-refractivity contribution in [3.8, 4) is 0 Å². The first-order valence-electron chi connectivity index (χ1n) is 5.22. The van der Waals surface area contributed by atoms with Gasteiger partial charge in [-0.15, -0.1) is 0 Å². The van der Waals surface area contributed by atoms with E-state index in [1.165, 1.54) is 0 Å². The van der Waals surface area contributed by atoms with E-state index in [9.17, 15) is 5.11 Å². The Labute approximate surface area is 99.6 Å². The molecule has 1 aromatic rings. The average molecular weight is 275 g/mol. The quantitative estimate of drug-likeness (QED) is 0.915. The molecule has 0 aliphatic rings. The van der Waals surface area contributed by atoms with Crippen molar-refractivity contribution >= 4 is 15.9 Å². The van der Waals surface area contributed by atoms with Crippen LogP contribution in [0.3, 0.4) is 0 Å². The van der Waals surface area contributed by atoms with Gasteiger partial charge >= 0.3 is 0 Å². The zero-order valence-corrected chi connectivity index (χ0v) is 11.4. The van der Waals surface area contributed by atoms with Crippen molar-refractivity contribution in [3.05, 3.63) is 15.9 Å². The molecule has 0 aliphatic carbocycles. The summed E-state index contributed by atoms with van der Waals surface area (Å²) in [6, 6.07) is 0. The monoisotopic (exact) mass is 274 g/mol. The maximum absolute atomic E-state index is 9.26. The smallest absolute Gasteiger partial charge is 0.0766 e. The van der Waals surface area contributed by atoms with Crippen LogP contribution in [-0.4, -0.2) is 21.5 Å². The van der Waals surface area contributed by atoms with E-state index in [4.69, 9.17) is 0 Å². The first-order chi connectivity index (χ1) is 6.91. The van der Waals surface area contributed by atoms with Crippen molar-refractivity contribution in [1.82, 2.24) is 9.78 Å². The summed E-state index contributed by atoms with van der Waals surface area (Å²) in [4.78, 5) is 0. The molecule has 1 rings (SSSR count). The van der Waals surface area contributed by atoms with E-state index in [0.717, 1.165) is 28.7 Å². The normalized spacial score (nSPS) is 12.1. The Bertz CT molecular complexity index is 345. The van der Waals surface area contributed by atoms with E-state index < -0.39 is 0 Å². The number of nitrogens with zero attached hydrogens (tertiary/aromatic N) is 2. The van der Waals surface area contributed by atoms with E-state index in [1.807, 2.05) is 11.7 Å². The van der Waals surface area contributed by atoms with E-state index in [2.05, 4.69) is 41.8 Å². The lowest BCUT2D eigenvalue weighted by atomic mass is 9.89. The Morgan fingerprint density at radius 1 is 1.47 bits per heavy atom. The molecule has 86 valence electrons. The number of aliphatic hydroxyl groups is 1. The molecular formula is C11H19BrN2O. The minimum atomic E-state index is -0.0959. The molecule has 0 atom stereocenters. The third-order valence-corrected chi connectivity index (χ3v) is 3.49. The number of hydrogen-bond acceptors (Lipinski definition) is 2. The van der Waals surface area contributed by atoms with Crippen molar-refractivity contribution in [2.75, 3.05) is 6.61 Å². The molecule has 0 saturated heterocycles. The van der Waals surface area contributed by atoms with Gasteiger partial charge in [-0.2, -0.15) is 5.10 Å². The summed E-state index contributed by atoms with van der Waals surface area (Å²) in [6.07, 6.45) is 1.75. The zero-order valence-electron chi connectivity index (χ0n) is 9.84. The number of halogens is 1. The maximum Gasteiger partial charge on any atom is 0.0766 e. The molecule has 0 amide bonds. The first kappa shape index (κ1) is 12.7. The minimum Gasteiger partial charge on any atom is -0.396 e. The molecule has 0 bridgehead atoms. The topological polar surface area (TPSA) is 38.0 Å². The maximum atomic E-state index is 9.26. The molecule has 0 aliphatic heterocycles. The lowest BCUT2D eigenvalue weighted by Gasteiger charge is -2.21. The van der Waals surface area contributed by atoms with E-state index in [-0.39, 0.29) is 12.0 Å². The standard InChI is InChI=1S/C11H19BrN2O/c1-5-8-10(12)9(14(4)13-8)6-11(2,3)7-15/h15H,5-7H2,1-4H3. The number of aromatic nitrogens is 2. The van der Waals surface area contributed by atoms with Crippen LogP contribution in [0.1, 0.15) is 32.2 Å². The molecule has 0 aromatic carbocycles. The summed E-state index contributed by atoms with van der Waals surface area (Å²) < 4.78 is 2.99. The van der Waals surface area contributed by atoms with Crippen LogP contribution in [0.5, 0.6) is 0 Å². The molecule has 1 N–H and O–H groups in total. The van der Waals surface area contributed by atoms with Crippen molar-refractivity contribution < 1.29 is 5.11 Å². The number of aryl methyl sites for hydroxylation is 2. The zero-order chi connectivity index (χ0) is 11.6. The molecule has 3 nitrogen and oxygen atoms in total. The van der Waals surface area contributed by atoms with E-state index in [1.54, 1.807) is 0 Å². The second-order valence-electron chi connectivity index (χ2n) is 4.68. The van der Waals surface area contributed by atoms with Crippen LogP contribution < -0.4 is 0 Å². The van der Waals surface area contributed by atoms with Crippen LogP contribution in [0.15, 0.2) is 4.47 Å². The SMILES string of the molecule is CCc1nn(C)c(CC(C)(C)CO)c1Br. The molecule has 1 heterocycles. The fourth-order valence-electron chi connectivity index (χ4n) is 1.52. The highest BCUT2D eigenvalue weighted by atomic mass is 79.9. The van der Waals surface area contributed by atoms with Crippen LogP contribution >= 0.6 is 15.9 Å². The molecule has 4 heteroatoms. The largest absolute Gasteiger partial charge is 0.396 e. The minimum absolute atomic E-state index is 0.0959. The van der Waals surface area contributed by atoms with Crippen LogP contribution in [-0.2, 0) is 19.9 Å². The van der Waals surface area contributed by atoms with Crippen LogP contribution in [0.4, 0.5) is 0 Å². The Morgan fingerprint density at radius 2 is 2.07 bits per heavy atom. The average Bonchev–Trinajstić information content (AvgIpc) is 2.45. The summed E-state index contributed by atoms with van der Waals surface area (Å²) in [5.74, 6) is 0. The highest BCUT2D eigenvalue weighted by Gasteiger charge is 2.22. The van der Waals surface area contributed by atoms with Gasteiger partial charge < -0.3 is 5.11 Å². The molecule has 0 radical (unpaired) electrons. The van der Waals surface area contributed by atoms with Gasteiger partial charge in [-0.3, -0.25) is 4.68 Å². The Balaban J connectivity index is 2.99. The number of aliphatic hydroxyl groups excluding tert-OH is 1. The van der Waals surface area contributed by atoms with Crippen LogP contribution in [0.25, 0.3) is 0 Å². The van der Waals surface area contributed by atoms with Gasteiger partial charge in [0, 0.05) is 13.7 Å². The molecule has 0 saturated carbocycles. The molecular weight excluding hydrogens is 256 g/mol. The molecule has 0 unspecified atom stereocenters. The summed E-state index contributed by atoms with van der Waals surface area (Å²) in [5.41, 5.74) is 2.15. The number of hydrogen-bond donors (Lipinski definition) is 1. The van der Waals surface area contributed by atoms with E-state index in [0.29, 0.717) is 0 Å². The summed E-state index contributed by atoms with van der Waals surface area (Å²) in [6.45, 7) is 6.39. The lowest BCUT2D eigenvalue weighted by Crippen LogP contribution is -2.21. The predicted octanol–water partition coefficient (Wildman–Crippen LogP) is 2.31. The van der Waals surface area contributed by atoms with Gasteiger partial charge in [0.25, 0.3) is 0 Å². The van der Waals surface area contributed by atoms with Crippen molar-refractivity contribution in [3.63, 3.8) is 0 Å². The van der Waals surface area contributed by atoms with Crippen molar-refractivity contribution in [1.29, 1.82) is 0 Å². The van der Waals surface area contributed by atoms with Gasteiger partial charge in [-0.05, 0) is 34.2 Å². The van der Waals surface area contributed by atoms with Gasteiger partial charge in [-0.1, -0.05) is 20.8 Å². The third kappa shape index (κ3) is 2.82. The summed E-state index contributed by atoms with van der Waals surface area (Å²) in [5, 5.41) is 13.7. The number of rotatable bonds is 4. The van der Waals surface area contributed by atoms with Gasteiger partial charge in [0.15, 0.2) is 0 Å². The molecule has 1 aromatic heterocycles. The second kappa shape index (κ2) is 4.66. The molecule has 15 heavy (non-hydrogen) atoms. The third-order valence-electron chi connectivity index (χ3n) is 2.58. The fourth-order valence-corrected chi connectivity index (χ4v) is 2.28. The van der Waals surface area contributed by atoms with Gasteiger partial charge in [0.05, 0.1) is 15.9 Å². The van der Waals surface area contributed by atoms with Crippen LogP contribution in [0, 0.1) is 5.41 Å². The Kier molecular flexibility index (Phi) is 3.95. The highest BCUT2D eigenvalue weighted by Crippen LogP contribution is 2.28. The highest BCUT2D eigenvalue weighted by molar-refractivity contribution is 9.10. The van der Waals surface area contributed by atoms with Gasteiger partial charge in [0.2, 0.25) is 0 Å². The fraction of sp³-hybridized carbons (Fsp3) is 0.727. The second-order valence-corrected chi connectivity index (χ2v) is 5.48. The van der Waals surface area contributed by atoms with Gasteiger partial charge in [-0.25, -0.2) is 0 Å². The summed E-state index contributed by atoms with van der Waals surface area (Å²) in [7, 11) is 1.95. The lowest BCUT2D eigenvalue weighted by molar-refractivity contribution is 0.157. The predicted molar refractivity (Wildman–Crippen MR) is 64.9 cm³/mol. The van der Waals surface area contributed by atoms with Gasteiger partial charge in [0.1, 0.15) is 0 Å². The Hall–Kier alpha value is -0.350. The van der Waals surface area contributed by atoms with Crippen LogP contribution in [0.2, 0.25) is 0 Å².